The molecule has 0 aromatic rings. The van der Waals surface area contributed by atoms with E-state index in [2.05, 4.69) is 18.7 Å². The molecule has 17 heavy (non-hydrogen) atoms. The summed E-state index contributed by atoms with van der Waals surface area (Å²) >= 11 is 3.09. The molecule has 7 heteroatoms. The van der Waals surface area contributed by atoms with E-state index in [1.807, 2.05) is 20.8 Å². The monoisotopic (exact) mass is 276 g/mol. The Kier molecular flexibility index (Phi) is 14.9. The maximum Gasteiger partial charge on any atom is 0.501 e. The first-order chi connectivity index (χ1) is 8.16. The number of thiocyanates is 1. The SMILES string of the molecule is CCO[Si](CCC#N)(OCC)OCC.N#CS. The van der Waals surface area contributed by atoms with Gasteiger partial charge in [-0.05, 0) is 20.8 Å². The summed E-state index contributed by atoms with van der Waals surface area (Å²) in [7, 11) is -2.54. The third-order valence-electron chi connectivity index (χ3n) is 1.64. The zero-order valence-electron chi connectivity index (χ0n) is 10.6. The fourth-order valence-corrected chi connectivity index (χ4v) is 3.63. The van der Waals surface area contributed by atoms with Crippen LogP contribution in [0.1, 0.15) is 27.2 Å². The Bertz CT molecular complexity index is 236. The van der Waals surface area contributed by atoms with Crippen LogP contribution in [0.5, 0.6) is 0 Å². The van der Waals surface area contributed by atoms with E-state index >= 15 is 0 Å². The Morgan fingerprint density at radius 1 is 1.00 bits per heavy atom. The van der Waals surface area contributed by atoms with Gasteiger partial charge in [0.2, 0.25) is 0 Å². The van der Waals surface area contributed by atoms with Crippen molar-refractivity contribution in [3.63, 3.8) is 0 Å². The van der Waals surface area contributed by atoms with E-state index in [1.54, 1.807) is 0 Å². The highest BCUT2D eigenvalue weighted by Gasteiger charge is 2.39. The minimum atomic E-state index is -2.54. The molecule has 0 aromatic heterocycles. The molecule has 0 aliphatic rings. The summed E-state index contributed by atoms with van der Waals surface area (Å²) in [5, 5.41) is 17.2. The first-order valence-corrected chi connectivity index (χ1v) is 7.86. The van der Waals surface area contributed by atoms with Crippen LogP contribution in [-0.2, 0) is 13.3 Å². The average molecular weight is 276 g/mol. The zero-order valence-corrected chi connectivity index (χ0v) is 12.5. The summed E-state index contributed by atoms with van der Waals surface area (Å²) in [5.74, 6) is 0. The number of thiol groups is 1. The molecule has 0 radical (unpaired) electrons. The Hall–Kier alpha value is -0.573. The summed E-state index contributed by atoms with van der Waals surface area (Å²) in [4.78, 5) is 0. The lowest BCUT2D eigenvalue weighted by Gasteiger charge is -2.27. The third-order valence-corrected chi connectivity index (χ3v) is 4.68. The van der Waals surface area contributed by atoms with Crippen molar-refractivity contribution in [1.29, 1.82) is 10.5 Å². The van der Waals surface area contributed by atoms with E-state index in [9.17, 15) is 0 Å². The van der Waals surface area contributed by atoms with Crippen LogP contribution >= 0.6 is 12.6 Å². The molecule has 0 bridgehead atoms. The molecule has 0 amide bonds. The summed E-state index contributed by atoms with van der Waals surface area (Å²) in [6.07, 6.45) is 0.423. The van der Waals surface area contributed by atoms with E-state index in [1.165, 1.54) is 5.40 Å². The first kappa shape index (κ1) is 18.8. The number of nitriles is 2. The molecular weight excluding hydrogens is 256 g/mol. The number of hydrogen-bond acceptors (Lipinski definition) is 6. The lowest BCUT2D eigenvalue weighted by molar-refractivity contribution is 0.0717. The Morgan fingerprint density at radius 3 is 1.59 bits per heavy atom. The van der Waals surface area contributed by atoms with Crippen molar-refractivity contribution in [3.05, 3.63) is 0 Å². The Labute approximate surface area is 110 Å². The van der Waals surface area contributed by atoms with E-state index in [4.69, 9.17) is 23.8 Å². The maximum absolute atomic E-state index is 8.54. The van der Waals surface area contributed by atoms with Gasteiger partial charge in [0.05, 0.1) is 6.07 Å². The number of hydrogen-bond donors (Lipinski definition) is 1. The summed E-state index contributed by atoms with van der Waals surface area (Å²) in [6.45, 7) is 7.43. The summed E-state index contributed by atoms with van der Waals surface area (Å²) in [6, 6.07) is 2.68. The van der Waals surface area contributed by atoms with Gasteiger partial charge < -0.3 is 13.3 Å². The molecule has 0 heterocycles. The van der Waals surface area contributed by atoms with Crippen LogP contribution in [0, 0.1) is 22.0 Å². The van der Waals surface area contributed by atoms with E-state index in [0.29, 0.717) is 32.3 Å². The number of rotatable bonds is 8. The molecule has 0 spiro atoms. The van der Waals surface area contributed by atoms with Gasteiger partial charge in [0.15, 0.2) is 0 Å². The molecule has 0 aromatic carbocycles. The van der Waals surface area contributed by atoms with Crippen LogP contribution < -0.4 is 0 Å². The fraction of sp³-hybridized carbons (Fsp3) is 0.800. The predicted molar refractivity (Wildman–Crippen MR) is 70.3 cm³/mol. The molecule has 0 N–H and O–H groups in total. The number of nitrogens with zero attached hydrogens (tertiary/aromatic N) is 2. The quantitative estimate of drug-likeness (QED) is 0.418. The molecular formula is C10H20N2O3SSi. The van der Waals surface area contributed by atoms with Crippen LogP contribution in [0.3, 0.4) is 0 Å². The molecule has 0 fully saturated rings. The minimum absolute atomic E-state index is 0.423. The van der Waals surface area contributed by atoms with Crippen LogP contribution in [0.25, 0.3) is 0 Å². The van der Waals surface area contributed by atoms with E-state index in [-0.39, 0.29) is 0 Å². The normalized spacial score (nSPS) is 9.76. The second-order valence-electron chi connectivity index (χ2n) is 2.74. The van der Waals surface area contributed by atoms with Crippen molar-refractivity contribution in [2.75, 3.05) is 19.8 Å². The van der Waals surface area contributed by atoms with Gasteiger partial charge >= 0.3 is 8.80 Å². The minimum Gasteiger partial charge on any atom is -0.374 e. The lowest BCUT2D eigenvalue weighted by atomic mass is 10.6. The van der Waals surface area contributed by atoms with Crippen LogP contribution in [-0.4, -0.2) is 28.6 Å². The average Bonchev–Trinajstić information content (AvgIpc) is 2.29. The fourth-order valence-electron chi connectivity index (χ4n) is 1.21. The van der Waals surface area contributed by atoms with Crippen molar-refractivity contribution in [1.82, 2.24) is 0 Å². The van der Waals surface area contributed by atoms with Gasteiger partial charge in [-0.1, -0.05) is 12.6 Å². The highest BCUT2D eigenvalue weighted by atomic mass is 32.1. The van der Waals surface area contributed by atoms with Crippen molar-refractivity contribution in [2.24, 2.45) is 0 Å². The van der Waals surface area contributed by atoms with E-state index in [0.717, 1.165) is 0 Å². The highest BCUT2D eigenvalue weighted by molar-refractivity contribution is 7.85. The van der Waals surface area contributed by atoms with Gasteiger partial charge in [-0.25, -0.2) is 0 Å². The lowest BCUT2D eigenvalue weighted by Crippen LogP contribution is -2.45. The molecule has 0 saturated heterocycles. The van der Waals surface area contributed by atoms with Crippen LogP contribution in [0.2, 0.25) is 6.04 Å². The highest BCUT2D eigenvalue weighted by Crippen LogP contribution is 2.17. The largest absolute Gasteiger partial charge is 0.501 e. The molecule has 0 aliphatic heterocycles. The van der Waals surface area contributed by atoms with Gasteiger partial charge in [0, 0.05) is 32.3 Å². The van der Waals surface area contributed by atoms with Crippen molar-refractivity contribution in [2.45, 2.75) is 33.2 Å². The van der Waals surface area contributed by atoms with Crippen LogP contribution in [0.4, 0.5) is 0 Å². The zero-order chi connectivity index (χ0) is 13.6. The molecule has 0 atom stereocenters. The first-order valence-electron chi connectivity index (χ1n) is 5.48. The Balaban J connectivity index is 0. The molecule has 0 rings (SSSR count). The molecule has 0 aliphatic carbocycles. The summed E-state index contributed by atoms with van der Waals surface area (Å²) in [5.41, 5.74) is 0. The summed E-state index contributed by atoms with van der Waals surface area (Å²) < 4.78 is 16.7. The predicted octanol–water partition coefficient (Wildman–Crippen LogP) is 2.35. The second-order valence-corrected chi connectivity index (χ2v) is 5.67. The van der Waals surface area contributed by atoms with Gasteiger partial charge in [-0.15, -0.1) is 0 Å². The van der Waals surface area contributed by atoms with E-state index < -0.39 is 8.80 Å². The van der Waals surface area contributed by atoms with Crippen molar-refractivity contribution in [3.8, 4) is 11.5 Å². The smallest absolute Gasteiger partial charge is 0.374 e. The van der Waals surface area contributed by atoms with Gasteiger partial charge in [-0.2, -0.15) is 10.5 Å². The van der Waals surface area contributed by atoms with Gasteiger partial charge in [-0.3, -0.25) is 0 Å². The maximum atomic E-state index is 8.54. The molecule has 5 nitrogen and oxygen atoms in total. The van der Waals surface area contributed by atoms with Gasteiger partial charge in [0.1, 0.15) is 5.40 Å². The third kappa shape index (κ3) is 10.3. The molecule has 98 valence electrons. The van der Waals surface area contributed by atoms with Crippen molar-refractivity contribution < 1.29 is 13.3 Å². The van der Waals surface area contributed by atoms with Crippen LogP contribution in [0.15, 0.2) is 0 Å². The Morgan fingerprint density at radius 2 is 1.35 bits per heavy atom. The van der Waals surface area contributed by atoms with Crippen molar-refractivity contribution >= 4 is 21.4 Å². The standard InChI is InChI=1S/C9H19NO3Si.CHNS/c1-4-11-14(12-5-2,13-6-3)9-7-8-10;2-1-3/h4-7,9H2,1-3H3;3H. The molecule has 0 unspecified atom stereocenters. The second kappa shape index (κ2) is 13.5. The van der Waals surface area contributed by atoms with Gasteiger partial charge in [0.25, 0.3) is 0 Å². The topological polar surface area (TPSA) is 75.3 Å². The molecule has 0 saturated carbocycles.